The molecule has 2 fully saturated rings. The van der Waals surface area contributed by atoms with E-state index in [1.165, 1.54) is 12.0 Å². The van der Waals surface area contributed by atoms with Gasteiger partial charge < -0.3 is 11.1 Å². The Kier molecular flexibility index (Phi) is 3.55. The van der Waals surface area contributed by atoms with Crippen LogP contribution in [0.1, 0.15) is 56.1 Å². The standard InChI is InChI=1S/C17H24N2O/c1-12(16(20)19-15-3-2-4-15)14-7-5-13(6-8-14)11-17(18)9-10-17/h5-8,12,15H,2-4,9-11,18H2,1H3,(H,19,20). The summed E-state index contributed by atoms with van der Waals surface area (Å²) in [6.45, 7) is 1.98. The minimum atomic E-state index is -0.0718. The summed E-state index contributed by atoms with van der Waals surface area (Å²) in [6.07, 6.45) is 6.74. The summed E-state index contributed by atoms with van der Waals surface area (Å²) in [5.41, 5.74) is 8.56. The van der Waals surface area contributed by atoms with Crippen LogP contribution < -0.4 is 11.1 Å². The summed E-state index contributed by atoms with van der Waals surface area (Å²) in [5, 5.41) is 3.12. The Bertz CT molecular complexity index is 486. The van der Waals surface area contributed by atoms with Gasteiger partial charge in [-0.3, -0.25) is 4.79 Å². The van der Waals surface area contributed by atoms with Crippen molar-refractivity contribution >= 4 is 5.91 Å². The van der Waals surface area contributed by atoms with E-state index in [0.717, 1.165) is 37.7 Å². The van der Waals surface area contributed by atoms with E-state index < -0.39 is 0 Å². The third-order valence-electron chi connectivity index (χ3n) is 4.77. The first-order chi connectivity index (χ1) is 9.56. The van der Waals surface area contributed by atoms with E-state index in [9.17, 15) is 4.79 Å². The Morgan fingerprint density at radius 1 is 1.35 bits per heavy atom. The van der Waals surface area contributed by atoms with E-state index in [1.54, 1.807) is 0 Å². The Morgan fingerprint density at radius 3 is 2.50 bits per heavy atom. The van der Waals surface area contributed by atoms with Gasteiger partial charge in [-0.15, -0.1) is 0 Å². The molecule has 3 nitrogen and oxygen atoms in total. The number of benzene rings is 1. The number of rotatable bonds is 5. The highest BCUT2D eigenvalue weighted by Crippen LogP contribution is 2.35. The van der Waals surface area contributed by atoms with Crippen LogP contribution in [0, 0.1) is 0 Å². The van der Waals surface area contributed by atoms with E-state index in [2.05, 4.69) is 29.6 Å². The molecule has 1 aromatic carbocycles. The van der Waals surface area contributed by atoms with Gasteiger partial charge in [-0.25, -0.2) is 0 Å². The molecule has 1 unspecified atom stereocenters. The lowest BCUT2D eigenvalue weighted by Crippen LogP contribution is -2.41. The molecule has 0 bridgehead atoms. The van der Waals surface area contributed by atoms with Crippen molar-refractivity contribution in [2.24, 2.45) is 5.73 Å². The molecule has 1 atom stereocenters. The Morgan fingerprint density at radius 2 is 2.00 bits per heavy atom. The van der Waals surface area contributed by atoms with Crippen molar-refractivity contribution in [2.45, 2.75) is 62.9 Å². The number of carbonyl (C=O) groups excluding carboxylic acids is 1. The van der Waals surface area contributed by atoms with Crippen LogP contribution in [0.4, 0.5) is 0 Å². The van der Waals surface area contributed by atoms with Crippen LogP contribution in [-0.4, -0.2) is 17.5 Å². The van der Waals surface area contributed by atoms with Crippen molar-refractivity contribution in [3.8, 4) is 0 Å². The summed E-state index contributed by atoms with van der Waals surface area (Å²) in [6, 6.07) is 8.80. The van der Waals surface area contributed by atoms with E-state index in [-0.39, 0.29) is 17.4 Å². The van der Waals surface area contributed by atoms with Crippen molar-refractivity contribution in [3.05, 3.63) is 35.4 Å². The Balaban J connectivity index is 1.59. The molecule has 3 rings (SSSR count). The summed E-state index contributed by atoms with van der Waals surface area (Å²) in [4.78, 5) is 12.1. The molecule has 108 valence electrons. The average Bonchev–Trinajstić information content (AvgIpc) is 3.11. The van der Waals surface area contributed by atoms with Crippen molar-refractivity contribution in [2.75, 3.05) is 0 Å². The lowest BCUT2D eigenvalue weighted by Gasteiger charge is -2.28. The van der Waals surface area contributed by atoms with Crippen molar-refractivity contribution in [3.63, 3.8) is 0 Å². The second-order valence-corrected chi connectivity index (χ2v) is 6.64. The molecule has 3 N–H and O–H groups in total. The summed E-state index contributed by atoms with van der Waals surface area (Å²) in [5.74, 6) is 0.0809. The third-order valence-corrected chi connectivity index (χ3v) is 4.77. The van der Waals surface area contributed by atoms with Crippen molar-refractivity contribution in [1.82, 2.24) is 5.32 Å². The van der Waals surface area contributed by atoms with E-state index in [4.69, 9.17) is 5.73 Å². The second-order valence-electron chi connectivity index (χ2n) is 6.64. The van der Waals surface area contributed by atoms with Gasteiger partial charge in [0.1, 0.15) is 0 Å². The second kappa shape index (κ2) is 5.21. The number of hydrogen-bond donors (Lipinski definition) is 2. The average molecular weight is 272 g/mol. The van der Waals surface area contributed by atoms with Gasteiger partial charge in [0, 0.05) is 11.6 Å². The van der Waals surface area contributed by atoms with Crippen molar-refractivity contribution in [1.29, 1.82) is 0 Å². The van der Waals surface area contributed by atoms with E-state index in [1.807, 2.05) is 6.92 Å². The maximum Gasteiger partial charge on any atom is 0.227 e. The fraction of sp³-hybridized carbons (Fsp3) is 0.588. The number of hydrogen-bond acceptors (Lipinski definition) is 2. The molecule has 0 heterocycles. The van der Waals surface area contributed by atoms with Gasteiger partial charge in [0.15, 0.2) is 0 Å². The van der Waals surface area contributed by atoms with Crippen LogP contribution in [0.15, 0.2) is 24.3 Å². The number of amides is 1. The highest BCUT2D eigenvalue weighted by atomic mass is 16.1. The SMILES string of the molecule is CC(C(=O)NC1CCC1)c1ccc(CC2(N)CC2)cc1. The normalized spacial score (nSPS) is 21.9. The number of nitrogens with one attached hydrogen (secondary N) is 1. The zero-order valence-corrected chi connectivity index (χ0v) is 12.2. The van der Waals surface area contributed by atoms with Gasteiger partial charge in [0.25, 0.3) is 0 Å². The maximum atomic E-state index is 12.1. The monoisotopic (exact) mass is 272 g/mol. The van der Waals surface area contributed by atoms with Crippen LogP contribution in [0.25, 0.3) is 0 Å². The summed E-state index contributed by atoms with van der Waals surface area (Å²) < 4.78 is 0. The van der Waals surface area contributed by atoms with Crippen LogP contribution in [0.5, 0.6) is 0 Å². The molecule has 1 amide bonds. The van der Waals surface area contributed by atoms with Crippen LogP contribution in [0.3, 0.4) is 0 Å². The van der Waals surface area contributed by atoms with E-state index >= 15 is 0 Å². The van der Waals surface area contributed by atoms with Crippen LogP contribution in [0.2, 0.25) is 0 Å². The number of carbonyl (C=O) groups is 1. The quantitative estimate of drug-likeness (QED) is 0.865. The minimum Gasteiger partial charge on any atom is -0.353 e. The molecule has 0 aliphatic heterocycles. The number of nitrogens with two attached hydrogens (primary N) is 1. The van der Waals surface area contributed by atoms with Crippen molar-refractivity contribution < 1.29 is 4.79 Å². The predicted octanol–water partition coefficient (Wildman–Crippen LogP) is 2.49. The van der Waals surface area contributed by atoms with Crippen LogP contribution >= 0.6 is 0 Å². The zero-order valence-electron chi connectivity index (χ0n) is 12.2. The topological polar surface area (TPSA) is 55.1 Å². The summed E-state index contributed by atoms with van der Waals surface area (Å²) >= 11 is 0. The molecule has 0 spiro atoms. The molecule has 2 saturated carbocycles. The molecule has 0 aromatic heterocycles. The third kappa shape index (κ3) is 3.04. The molecule has 0 radical (unpaired) electrons. The maximum absolute atomic E-state index is 12.1. The molecule has 3 heteroatoms. The molecule has 2 aliphatic carbocycles. The van der Waals surface area contributed by atoms with Crippen LogP contribution in [-0.2, 0) is 11.2 Å². The minimum absolute atomic E-state index is 0.0503. The molecule has 20 heavy (non-hydrogen) atoms. The highest BCUT2D eigenvalue weighted by Gasteiger charge is 2.37. The molecular weight excluding hydrogens is 248 g/mol. The molecular formula is C17H24N2O. The van der Waals surface area contributed by atoms with Gasteiger partial charge in [0.05, 0.1) is 5.92 Å². The van der Waals surface area contributed by atoms with Gasteiger partial charge >= 0.3 is 0 Å². The van der Waals surface area contributed by atoms with Gasteiger partial charge in [-0.2, -0.15) is 0 Å². The largest absolute Gasteiger partial charge is 0.353 e. The van der Waals surface area contributed by atoms with Gasteiger partial charge in [0.2, 0.25) is 5.91 Å². The molecule has 1 aromatic rings. The summed E-state index contributed by atoms with van der Waals surface area (Å²) in [7, 11) is 0. The lowest BCUT2D eigenvalue weighted by atomic mass is 9.91. The van der Waals surface area contributed by atoms with Gasteiger partial charge in [-0.05, 0) is 56.6 Å². The first kappa shape index (κ1) is 13.6. The Hall–Kier alpha value is -1.35. The molecule has 2 aliphatic rings. The molecule has 0 saturated heterocycles. The fourth-order valence-electron chi connectivity index (χ4n) is 2.70. The zero-order chi connectivity index (χ0) is 14.2. The smallest absolute Gasteiger partial charge is 0.227 e. The van der Waals surface area contributed by atoms with Gasteiger partial charge in [-0.1, -0.05) is 24.3 Å². The fourth-order valence-corrected chi connectivity index (χ4v) is 2.70. The Labute approximate surface area is 120 Å². The highest BCUT2D eigenvalue weighted by molar-refractivity contribution is 5.83. The first-order valence-electron chi connectivity index (χ1n) is 7.74. The first-order valence-corrected chi connectivity index (χ1v) is 7.74. The van der Waals surface area contributed by atoms with E-state index in [0.29, 0.717) is 6.04 Å². The lowest BCUT2D eigenvalue weighted by molar-refractivity contribution is -0.123. The predicted molar refractivity (Wildman–Crippen MR) is 80.5 cm³/mol.